The van der Waals surface area contributed by atoms with Crippen molar-refractivity contribution in [2.45, 2.75) is 39.9 Å². The van der Waals surface area contributed by atoms with E-state index in [9.17, 15) is 15.3 Å². The van der Waals surface area contributed by atoms with Crippen molar-refractivity contribution in [1.29, 1.82) is 10.5 Å². The molecule has 0 bridgehead atoms. The van der Waals surface area contributed by atoms with Gasteiger partial charge in [0.2, 0.25) is 5.91 Å². The predicted octanol–water partition coefficient (Wildman–Crippen LogP) is 11.4. The number of carbonyl (C=O) groups excluding carboxylic acids is 1. The van der Waals surface area contributed by atoms with Crippen LogP contribution >= 0.6 is 23.2 Å². The number of nitrogen functional groups attached to an aromatic ring is 1. The van der Waals surface area contributed by atoms with Crippen LogP contribution in [0.2, 0.25) is 10.0 Å². The fourth-order valence-corrected chi connectivity index (χ4v) is 7.42. The molecule has 0 saturated carbocycles. The Bertz CT molecular complexity index is 3210. The van der Waals surface area contributed by atoms with Crippen LogP contribution in [0.5, 0.6) is 11.5 Å². The molecule has 68 heavy (non-hydrogen) atoms. The van der Waals surface area contributed by atoms with Gasteiger partial charge >= 0.3 is 0 Å². The predicted molar refractivity (Wildman–Crippen MR) is 270 cm³/mol. The lowest BCUT2D eigenvalue weighted by Gasteiger charge is -2.15. The maximum absolute atomic E-state index is 12.4. The van der Waals surface area contributed by atoms with E-state index in [1.165, 1.54) is 12.4 Å². The molecule has 0 aliphatic rings. The smallest absolute Gasteiger partial charge is 0.224 e. The second-order valence-corrected chi connectivity index (χ2v) is 16.7. The summed E-state index contributed by atoms with van der Waals surface area (Å²) < 4.78 is 11.7. The van der Waals surface area contributed by atoms with Gasteiger partial charge in [0.05, 0.1) is 66.3 Å². The fourth-order valence-electron chi connectivity index (χ4n) is 6.98. The second kappa shape index (κ2) is 22.5. The first-order valence-electron chi connectivity index (χ1n) is 21.4. The Morgan fingerprint density at radius 2 is 1.21 bits per heavy atom. The van der Waals surface area contributed by atoms with Gasteiger partial charge in [-0.2, -0.15) is 10.5 Å². The zero-order valence-electron chi connectivity index (χ0n) is 37.8. The van der Waals surface area contributed by atoms with Crippen molar-refractivity contribution in [3.05, 3.63) is 166 Å². The minimum Gasteiger partial charge on any atom is -0.487 e. The molecule has 0 aliphatic carbocycles. The molecule has 4 aromatic heterocycles. The van der Waals surface area contributed by atoms with Crippen molar-refractivity contribution in [3.63, 3.8) is 0 Å². The van der Waals surface area contributed by atoms with E-state index in [2.05, 4.69) is 48.0 Å². The Kier molecular flexibility index (Phi) is 15.8. The number of hydrogen-bond acceptors (Lipinski definition) is 13. The van der Waals surface area contributed by atoms with Gasteiger partial charge in [0, 0.05) is 65.5 Å². The number of nitrogens with zero attached hydrogens (tertiary/aromatic N) is 7. The summed E-state index contributed by atoms with van der Waals surface area (Å²) in [5.41, 5.74) is 15.6. The number of benzene rings is 4. The number of rotatable bonds is 15. The number of carbonyl (C=O) groups is 1. The molecule has 4 heterocycles. The number of pyridine rings is 4. The molecule has 16 heteroatoms. The second-order valence-electron chi connectivity index (χ2n) is 15.9. The maximum atomic E-state index is 12.4. The van der Waals surface area contributed by atoms with Crippen molar-refractivity contribution in [3.8, 4) is 23.6 Å². The van der Waals surface area contributed by atoms with Gasteiger partial charge in [0.1, 0.15) is 36.9 Å². The summed E-state index contributed by atoms with van der Waals surface area (Å²) in [4.78, 5) is 31.9. The third-order valence-electron chi connectivity index (χ3n) is 10.7. The van der Waals surface area contributed by atoms with Gasteiger partial charge in [0.25, 0.3) is 0 Å². The van der Waals surface area contributed by atoms with Crippen LogP contribution < -0.4 is 31.2 Å². The number of nitrogens with two attached hydrogens (primary N) is 1. The normalized spacial score (nSPS) is 10.7. The largest absolute Gasteiger partial charge is 0.487 e. The van der Waals surface area contributed by atoms with Crippen LogP contribution in [0.25, 0.3) is 21.8 Å². The summed E-state index contributed by atoms with van der Waals surface area (Å²) in [6, 6.07) is 33.6. The highest BCUT2D eigenvalue weighted by Gasteiger charge is 2.15. The number of amides is 1. The number of hydrogen-bond donors (Lipinski definition) is 4. The van der Waals surface area contributed by atoms with Crippen LogP contribution in [0.4, 0.5) is 34.1 Å². The van der Waals surface area contributed by atoms with E-state index in [1.807, 2.05) is 87.4 Å². The third kappa shape index (κ3) is 12.3. The Morgan fingerprint density at radius 1 is 0.691 bits per heavy atom. The number of ether oxygens (including phenoxy) is 2. The first kappa shape index (κ1) is 47.9. The molecule has 0 saturated heterocycles. The van der Waals surface area contributed by atoms with E-state index < -0.39 is 0 Å². The lowest BCUT2D eigenvalue weighted by atomic mass is 10.1. The molecule has 8 aromatic rings. The third-order valence-corrected chi connectivity index (χ3v) is 11.3. The van der Waals surface area contributed by atoms with Crippen LogP contribution in [-0.2, 0) is 18.0 Å². The Labute approximate surface area is 404 Å². The zero-order chi connectivity index (χ0) is 48.2. The molecular formula is C52H47Cl2N11O3. The molecule has 0 unspecified atom stereocenters. The van der Waals surface area contributed by atoms with Gasteiger partial charge in [-0.1, -0.05) is 35.3 Å². The van der Waals surface area contributed by atoms with Crippen LogP contribution in [0.15, 0.2) is 122 Å². The molecule has 0 atom stereocenters. The maximum Gasteiger partial charge on any atom is 0.224 e. The number of fused-ring (bicyclic) bond motifs is 2. The average Bonchev–Trinajstić information content (AvgIpc) is 3.32. The summed E-state index contributed by atoms with van der Waals surface area (Å²) in [6.07, 6.45) is 7.71. The molecule has 342 valence electrons. The van der Waals surface area contributed by atoms with Crippen molar-refractivity contribution in [2.75, 3.05) is 42.3 Å². The monoisotopic (exact) mass is 943 g/mol. The molecule has 0 spiro atoms. The first-order chi connectivity index (χ1) is 32.9. The van der Waals surface area contributed by atoms with E-state index in [4.69, 9.17) is 38.4 Å². The van der Waals surface area contributed by atoms with E-state index in [0.29, 0.717) is 97.3 Å². The van der Waals surface area contributed by atoms with E-state index in [1.54, 1.807) is 54.9 Å². The van der Waals surface area contributed by atoms with Crippen molar-refractivity contribution in [2.24, 2.45) is 0 Å². The van der Waals surface area contributed by atoms with E-state index in [-0.39, 0.29) is 5.91 Å². The summed E-state index contributed by atoms with van der Waals surface area (Å²) >= 11 is 13.1. The van der Waals surface area contributed by atoms with E-state index >= 15 is 0 Å². The number of nitrogens with one attached hydrogen (secondary N) is 3. The Balaban J connectivity index is 0.000000207. The SMILES string of the molecule is Cc1cccnc1COc1ccc(Nc2c(C#N)cnc3ccc(N)cc23)c(Cl)c1.Cc1cccnc1COc1ccc(Nc2c(C#N)cnc3ccc(NC(=O)CCCN(C)C)cc23)c(Cl)c1. The highest BCUT2D eigenvalue weighted by Crippen LogP contribution is 2.37. The number of halogens is 2. The molecule has 14 nitrogen and oxygen atoms in total. The minimum absolute atomic E-state index is 0.0652. The van der Waals surface area contributed by atoms with Gasteiger partial charge in [-0.3, -0.25) is 24.7 Å². The Morgan fingerprint density at radius 3 is 1.69 bits per heavy atom. The first-order valence-corrected chi connectivity index (χ1v) is 22.2. The highest BCUT2D eigenvalue weighted by molar-refractivity contribution is 6.34. The molecule has 0 radical (unpaired) electrons. The van der Waals surface area contributed by atoms with Crippen molar-refractivity contribution >= 4 is 85.0 Å². The molecular weight excluding hydrogens is 898 g/mol. The standard InChI is InChI=1S/C29H29ClN6O2.C23H18ClN5O/c1-19-6-4-12-32-27(19)18-38-22-9-11-26(24(30)15-22)35-29-20(16-31)17-33-25-10-8-21(14-23(25)29)34-28(37)7-5-13-36(2)3;1-14-3-2-8-27-22(14)13-30-17-5-7-21(19(24)10-17)29-23-15(11-25)12-28-20-6-4-16(26)9-18(20)23/h4,6,8-12,14-15,17H,5,7,13,18H2,1-3H3,(H,33,35)(H,34,37);2-10,12H,13,26H2,1H3,(H,28,29). The van der Waals surface area contributed by atoms with Gasteiger partial charge in [-0.05, 0) is 125 Å². The molecule has 8 rings (SSSR count). The molecule has 5 N–H and O–H groups in total. The van der Waals surface area contributed by atoms with Crippen molar-refractivity contribution < 1.29 is 14.3 Å². The molecule has 0 aliphatic heterocycles. The summed E-state index contributed by atoms with van der Waals surface area (Å²) in [7, 11) is 3.96. The highest BCUT2D eigenvalue weighted by atomic mass is 35.5. The average molecular weight is 945 g/mol. The number of aryl methyl sites for hydroxylation is 2. The zero-order valence-corrected chi connectivity index (χ0v) is 39.3. The molecule has 0 fully saturated rings. The molecule has 4 aromatic carbocycles. The van der Waals surface area contributed by atoms with Crippen LogP contribution in [0.3, 0.4) is 0 Å². The van der Waals surface area contributed by atoms with Crippen LogP contribution in [0, 0.1) is 36.5 Å². The lowest BCUT2D eigenvalue weighted by Crippen LogP contribution is -2.17. The Hall–Kier alpha value is -8.01. The van der Waals surface area contributed by atoms with Gasteiger partial charge < -0.3 is 36.1 Å². The summed E-state index contributed by atoms with van der Waals surface area (Å²) in [6.45, 7) is 5.49. The van der Waals surface area contributed by atoms with Gasteiger partial charge in [-0.15, -0.1) is 0 Å². The van der Waals surface area contributed by atoms with E-state index in [0.717, 1.165) is 46.4 Å². The summed E-state index contributed by atoms with van der Waals surface area (Å²) in [5.74, 6) is 1.16. The number of nitriles is 2. The number of anilines is 6. The quantitative estimate of drug-likeness (QED) is 0.0708. The lowest BCUT2D eigenvalue weighted by molar-refractivity contribution is -0.116. The fraction of sp³-hybridized carbons (Fsp3) is 0.173. The topological polar surface area (TPSA) is 200 Å². The van der Waals surface area contributed by atoms with Crippen LogP contribution in [-0.4, -0.2) is 51.4 Å². The van der Waals surface area contributed by atoms with Gasteiger partial charge in [-0.25, -0.2) is 0 Å². The molecule has 1 amide bonds. The van der Waals surface area contributed by atoms with Gasteiger partial charge in [0.15, 0.2) is 0 Å². The number of aromatic nitrogens is 4. The summed E-state index contributed by atoms with van der Waals surface area (Å²) in [5, 5.41) is 31.1. The van der Waals surface area contributed by atoms with Crippen LogP contribution in [0.1, 0.15) is 46.5 Å². The minimum atomic E-state index is -0.0652. The van der Waals surface area contributed by atoms with Crippen molar-refractivity contribution in [1.82, 2.24) is 24.8 Å².